The Balaban J connectivity index is 1.76. The van der Waals surface area contributed by atoms with Crippen LogP contribution in [0.2, 0.25) is 5.02 Å². The van der Waals surface area contributed by atoms with Crippen LogP contribution in [0.5, 0.6) is 5.75 Å². The van der Waals surface area contributed by atoms with E-state index in [1.165, 1.54) is 36.0 Å². The highest BCUT2D eigenvalue weighted by Gasteiger charge is 2.13. The van der Waals surface area contributed by atoms with Crippen LogP contribution in [-0.2, 0) is 19.4 Å². The normalized spacial score (nSPS) is 14.8. The molecule has 0 heterocycles. The van der Waals surface area contributed by atoms with Crippen LogP contribution in [0.25, 0.3) is 0 Å². The van der Waals surface area contributed by atoms with Gasteiger partial charge in [-0.3, -0.25) is 0 Å². The van der Waals surface area contributed by atoms with E-state index in [1.807, 2.05) is 6.07 Å². The molecule has 21 heavy (non-hydrogen) atoms. The maximum Gasteiger partial charge on any atom is 0.125 e. The van der Waals surface area contributed by atoms with Crippen LogP contribution < -0.4 is 4.74 Å². The molecule has 0 bridgehead atoms. The van der Waals surface area contributed by atoms with E-state index in [4.69, 9.17) is 16.3 Å². The maximum absolute atomic E-state index is 9.81. The summed E-state index contributed by atoms with van der Waals surface area (Å²) in [5.74, 6) is 0.690. The molecule has 2 aromatic rings. The first-order valence-electron chi connectivity index (χ1n) is 7.34. The number of aliphatic hydroxyl groups excluding tert-OH is 1. The number of rotatable bonds is 4. The Labute approximate surface area is 130 Å². The third-order valence-corrected chi connectivity index (χ3v) is 4.21. The van der Waals surface area contributed by atoms with Crippen LogP contribution in [0.3, 0.4) is 0 Å². The minimum absolute atomic E-state index is 0.509. The average molecular weight is 303 g/mol. The molecule has 2 nitrogen and oxygen atoms in total. The van der Waals surface area contributed by atoms with E-state index in [-0.39, 0.29) is 0 Å². The second kappa shape index (κ2) is 6.08. The number of hydrogen-bond acceptors (Lipinski definition) is 2. The lowest BCUT2D eigenvalue weighted by molar-refractivity contribution is 0.190. The molecule has 1 N–H and O–H groups in total. The fourth-order valence-electron chi connectivity index (χ4n) is 2.85. The minimum atomic E-state index is -0.598. The molecule has 0 amide bonds. The van der Waals surface area contributed by atoms with Gasteiger partial charge in [0.05, 0.1) is 6.10 Å². The van der Waals surface area contributed by atoms with E-state index in [0.717, 1.165) is 5.56 Å². The summed E-state index contributed by atoms with van der Waals surface area (Å²) in [6.45, 7) is 2.22. The highest BCUT2D eigenvalue weighted by Crippen LogP contribution is 2.29. The van der Waals surface area contributed by atoms with E-state index < -0.39 is 6.10 Å². The molecule has 1 aliphatic rings. The van der Waals surface area contributed by atoms with E-state index in [9.17, 15) is 5.11 Å². The molecule has 0 radical (unpaired) electrons. The molecule has 1 unspecified atom stereocenters. The van der Waals surface area contributed by atoms with Gasteiger partial charge in [0.15, 0.2) is 0 Å². The summed E-state index contributed by atoms with van der Waals surface area (Å²) in [7, 11) is 0. The number of ether oxygens (including phenoxy) is 1. The first-order chi connectivity index (χ1) is 10.1. The lowest BCUT2D eigenvalue weighted by Gasteiger charge is -2.14. The lowest BCUT2D eigenvalue weighted by atomic mass is 10.1. The van der Waals surface area contributed by atoms with Crippen molar-refractivity contribution in [3.8, 4) is 5.75 Å². The largest absolute Gasteiger partial charge is 0.489 e. The predicted molar refractivity (Wildman–Crippen MR) is 84.9 cm³/mol. The fourth-order valence-corrected chi connectivity index (χ4v) is 3.03. The van der Waals surface area contributed by atoms with Crippen LogP contribution in [0, 0.1) is 0 Å². The summed E-state index contributed by atoms with van der Waals surface area (Å²) in [4.78, 5) is 0. The van der Waals surface area contributed by atoms with Gasteiger partial charge >= 0.3 is 0 Å². The van der Waals surface area contributed by atoms with Crippen molar-refractivity contribution in [2.45, 2.75) is 38.9 Å². The summed E-state index contributed by atoms with van der Waals surface area (Å²) >= 11 is 5.98. The van der Waals surface area contributed by atoms with Crippen molar-refractivity contribution in [3.63, 3.8) is 0 Å². The van der Waals surface area contributed by atoms with Crippen molar-refractivity contribution in [2.75, 3.05) is 0 Å². The van der Waals surface area contributed by atoms with Crippen molar-refractivity contribution in [1.82, 2.24) is 0 Å². The third-order valence-electron chi connectivity index (χ3n) is 3.98. The first-order valence-corrected chi connectivity index (χ1v) is 7.72. The van der Waals surface area contributed by atoms with Crippen LogP contribution >= 0.6 is 11.6 Å². The van der Waals surface area contributed by atoms with Gasteiger partial charge in [0.2, 0.25) is 0 Å². The third kappa shape index (κ3) is 3.22. The molecule has 110 valence electrons. The number of halogens is 1. The van der Waals surface area contributed by atoms with Crippen LogP contribution in [0.15, 0.2) is 36.4 Å². The Morgan fingerprint density at radius 2 is 1.95 bits per heavy atom. The summed E-state index contributed by atoms with van der Waals surface area (Å²) < 4.78 is 5.88. The molecule has 0 aromatic heterocycles. The zero-order valence-corrected chi connectivity index (χ0v) is 12.9. The smallest absolute Gasteiger partial charge is 0.125 e. The van der Waals surface area contributed by atoms with Gasteiger partial charge in [-0.05, 0) is 61.1 Å². The highest BCUT2D eigenvalue weighted by molar-refractivity contribution is 6.30. The maximum atomic E-state index is 9.81. The van der Waals surface area contributed by atoms with E-state index in [0.29, 0.717) is 17.4 Å². The van der Waals surface area contributed by atoms with Gasteiger partial charge in [-0.15, -0.1) is 0 Å². The van der Waals surface area contributed by atoms with Gasteiger partial charge in [0.1, 0.15) is 12.4 Å². The average Bonchev–Trinajstić information content (AvgIpc) is 2.93. The van der Waals surface area contributed by atoms with Crippen LogP contribution in [0.1, 0.15) is 41.7 Å². The van der Waals surface area contributed by atoms with Crippen LogP contribution in [0.4, 0.5) is 0 Å². The monoisotopic (exact) mass is 302 g/mol. The second-order valence-corrected chi connectivity index (χ2v) is 6.04. The Morgan fingerprint density at radius 3 is 2.76 bits per heavy atom. The number of aliphatic hydroxyl groups is 1. The van der Waals surface area contributed by atoms with E-state index >= 15 is 0 Å². The molecule has 0 saturated heterocycles. The van der Waals surface area contributed by atoms with Gasteiger partial charge in [-0.25, -0.2) is 0 Å². The van der Waals surface area contributed by atoms with E-state index in [2.05, 4.69) is 18.2 Å². The van der Waals surface area contributed by atoms with Crippen molar-refractivity contribution >= 4 is 11.6 Å². The Kier molecular flexibility index (Phi) is 4.18. The molecular weight excluding hydrogens is 284 g/mol. The molecule has 1 atom stereocenters. The molecule has 1 aliphatic carbocycles. The van der Waals surface area contributed by atoms with E-state index in [1.54, 1.807) is 19.1 Å². The Hall–Kier alpha value is -1.51. The first kappa shape index (κ1) is 14.4. The number of benzene rings is 2. The van der Waals surface area contributed by atoms with Crippen molar-refractivity contribution in [3.05, 3.63) is 63.7 Å². The van der Waals surface area contributed by atoms with Crippen molar-refractivity contribution in [1.29, 1.82) is 0 Å². The lowest BCUT2D eigenvalue weighted by Crippen LogP contribution is -2.01. The quantitative estimate of drug-likeness (QED) is 0.903. The molecule has 0 saturated carbocycles. The zero-order valence-electron chi connectivity index (χ0n) is 12.1. The topological polar surface area (TPSA) is 29.5 Å². The molecular formula is C18H19ClO2. The minimum Gasteiger partial charge on any atom is -0.489 e. The van der Waals surface area contributed by atoms with Crippen molar-refractivity contribution < 1.29 is 9.84 Å². The summed E-state index contributed by atoms with van der Waals surface area (Å²) in [6, 6.07) is 11.9. The summed E-state index contributed by atoms with van der Waals surface area (Å²) in [6.07, 6.45) is 3.02. The Morgan fingerprint density at radius 1 is 1.14 bits per heavy atom. The molecule has 0 spiro atoms. The highest BCUT2D eigenvalue weighted by atomic mass is 35.5. The standard InChI is InChI=1S/C18H19ClO2/c1-12(20)17-10-16(19)7-8-18(17)21-11-13-5-6-14-3-2-4-15(14)9-13/h5-10,12,20H,2-4,11H2,1H3. The summed E-state index contributed by atoms with van der Waals surface area (Å²) in [5.41, 5.74) is 4.81. The van der Waals surface area contributed by atoms with Crippen LogP contribution in [-0.4, -0.2) is 5.11 Å². The van der Waals surface area contributed by atoms with Gasteiger partial charge in [0.25, 0.3) is 0 Å². The molecule has 0 fully saturated rings. The van der Waals surface area contributed by atoms with Gasteiger partial charge in [-0.1, -0.05) is 29.8 Å². The fraction of sp³-hybridized carbons (Fsp3) is 0.333. The molecule has 3 rings (SSSR count). The Bertz CT molecular complexity index is 650. The predicted octanol–water partition coefficient (Wildman–Crippen LogP) is 4.46. The number of fused-ring (bicyclic) bond motifs is 1. The van der Waals surface area contributed by atoms with Crippen molar-refractivity contribution in [2.24, 2.45) is 0 Å². The summed E-state index contributed by atoms with van der Waals surface area (Å²) in [5, 5.41) is 10.4. The van der Waals surface area contributed by atoms with Gasteiger partial charge in [-0.2, -0.15) is 0 Å². The van der Waals surface area contributed by atoms with Gasteiger partial charge < -0.3 is 9.84 Å². The second-order valence-electron chi connectivity index (χ2n) is 5.60. The number of hydrogen-bond donors (Lipinski definition) is 1. The molecule has 3 heteroatoms. The number of aryl methyl sites for hydroxylation is 2. The zero-order chi connectivity index (χ0) is 14.8. The SMILES string of the molecule is CC(O)c1cc(Cl)ccc1OCc1ccc2c(c1)CCC2. The molecule has 0 aliphatic heterocycles. The van der Waals surface area contributed by atoms with Gasteiger partial charge in [0, 0.05) is 10.6 Å². The molecule has 2 aromatic carbocycles.